The largest absolute Gasteiger partial charge is 0.481 e. The van der Waals surface area contributed by atoms with Gasteiger partial charge in [-0.2, -0.15) is 0 Å². The topological polar surface area (TPSA) is 128 Å². The number of nitrogen functional groups attached to an aromatic ring is 1. The van der Waals surface area contributed by atoms with Crippen molar-refractivity contribution in [2.75, 3.05) is 25.4 Å². The highest BCUT2D eigenvalue weighted by Gasteiger charge is 2.29. The van der Waals surface area contributed by atoms with Gasteiger partial charge in [0.25, 0.3) is 5.56 Å². The van der Waals surface area contributed by atoms with Crippen molar-refractivity contribution in [3.63, 3.8) is 0 Å². The fourth-order valence-electron chi connectivity index (χ4n) is 3.86. The van der Waals surface area contributed by atoms with Gasteiger partial charge in [-0.25, -0.2) is 4.79 Å². The minimum absolute atomic E-state index is 0.109. The Morgan fingerprint density at radius 1 is 1.17 bits per heavy atom. The molecule has 0 radical (unpaired) electrons. The molecule has 0 aliphatic carbocycles. The van der Waals surface area contributed by atoms with E-state index in [1.807, 2.05) is 30.3 Å². The molecule has 30 heavy (non-hydrogen) atoms. The first-order valence-electron chi connectivity index (χ1n) is 9.98. The maximum Gasteiger partial charge on any atom is 0.332 e. The van der Waals surface area contributed by atoms with Crippen LogP contribution in [-0.2, 0) is 17.9 Å². The van der Waals surface area contributed by atoms with Crippen LogP contribution >= 0.6 is 0 Å². The number of carboxylic acid groups (broad SMARTS) is 1. The minimum atomic E-state index is -0.892. The number of likely N-dealkylation sites (tertiary alicyclic amines) is 1. The van der Waals surface area contributed by atoms with Crippen molar-refractivity contribution in [3.8, 4) is 0 Å². The van der Waals surface area contributed by atoms with Gasteiger partial charge in [-0.1, -0.05) is 30.3 Å². The molecule has 1 aromatic heterocycles. The molecule has 1 saturated heterocycles. The standard InChI is InChI=1S/C21H26N4O5/c1-2-24-19(27)17(16(26)13-23-10-6-9-15(12-23)20(28)29)18(22)25(21(24)30)11-14-7-4-3-5-8-14/h3-5,7-8,15H,2,6,9-13,22H2,1H3,(H,28,29). The molecule has 1 unspecified atom stereocenters. The van der Waals surface area contributed by atoms with Gasteiger partial charge >= 0.3 is 11.7 Å². The fraction of sp³-hybridized carbons (Fsp3) is 0.429. The monoisotopic (exact) mass is 414 g/mol. The highest BCUT2D eigenvalue weighted by molar-refractivity contribution is 6.01. The number of carbonyl (C=O) groups is 2. The predicted octanol–water partition coefficient (Wildman–Crippen LogP) is 0.640. The number of nitrogens with zero attached hydrogens (tertiary/aromatic N) is 3. The first-order valence-corrected chi connectivity index (χ1v) is 9.98. The zero-order valence-corrected chi connectivity index (χ0v) is 16.9. The number of anilines is 1. The number of nitrogens with two attached hydrogens (primary N) is 1. The number of benzene rings is 1. The fourth-order valence-corrected chi connectivity index (χ4v) is 3.86. The molecule has 1 aromatic carbocycles. The molecule has 2 aromatic rings. The quantitative estimate of drug-likeness (QED) is 0.636. The zero-order chi connectivity index (χ0) is 21.8. The Morgan fingerprint density at radius 2 is 1.87 bits per heavy atom. The van der Waals surface area contributed by atoms with E-state index in [0.29, 0.717) is 19.4 Å². The van der Waals surface area contributed by atoms with E-state index >= 15 is 0 Å². The number of carboxylic acids is 1. The third-order valence-corrected chi connectivity index (χ3v) is 5.47. The molecular formula is C21H26N4O5. The van der Waals surface area contributed by atoms with Gasteiger partial charge in [-0.15, -0.1) is 0 Å². The summed E-state index contributed by atoms with van der Waals surface area (Å²) in [6.45, 7) is 2.60. The van der Waals surface area contributed by atoms with Crippen LogP contribution in [0.15, 0.2) is 39.9 Å². The van der Waals surface area contributed by atoms with Crippen LogP contribution in [-0.4, -0.2) is 50.5 Å². The second-order valence-electron chi connectivity index (χ2n) is 7.50. The Morgan fingerprint density at radius 3 is 2.50 bits per heavy atom. The van der Waals surface area contributed by atoms with Crippen LogP contribution in [0.4, 0.5) is 5.82 Å². The van der Waals surface area contributed by atoms with Crippen LogP contribution in [0.5, 0.6) is 0 Å². The number of aromatic nitrogens is 2. The Labute approximate surface area is 173 Å². The summed E-state index contributed by atoms with van der Waals surface area (Å²) in [5, 5.41) is 9.25. The minimum Gasteiger partial charge on any atom is -0.481 e. The lowest BCUT2D eigenvalue weighted by molar-refractivity contribution is -0.143. The highest BCUT2D eigenvalue weighted by Crippen LogP contribution is 2.17. The zero-order valence-electron chi connectivity index (χ0n) is 16.9. The number of piperidine rings is 1. The third kappa shape index (κ3) is 4.35. The average molecular weight is 414 g/mol. The van der Waals surface area contributed by atoms with Gasteiger partial charge in [-0.05, 0) is 31.9 Å². The smallest absolute Gasteiger partial charge is 0.332 e. The third-order valence-electron chi connectivity index (χ3n) is 5.47. The van der Waals surface area contributed by atoms with Crippen molar-refractivity contribution in [2.24, 2.45) is 5.92 Å². The summed E-state index contributed by atoms with van der Waals surface area (Å²) < 4.78 is 2.24. The Bertz CT molecular complexity index is 1060. The van der Waals surface area contributed by atoms with Gasteiger partial charge in [-0.3, -0.25) is 28.4 Å². The number of rotatable bonds is 7. The van der Waals surface area contributed by atoms with Crippen LogP contribution in [0.3, 0.4) is 0 Å². The first kappa shape index (κ1) is 21.5. The molecule has 2 heterocycles. The van der Waals surface area contributed by atoms with Gasteiger partial charge < -0.3 is 10.8 Å². The summed E-state index contributed by atoms with van der Waals surface area (Å²) in [6.07, 6.45) is 1.22. The summed E-state index contributed by atoms with van der Waals surface area (Å²) in [5.41, 5.74) is 5.48. The van der Waals surface area contributed by atoms with Crippen LogP contribution in [0.2, 0.25) is 0 Å². The van der Waals surface area contributed by atoms with Crippen molar-refractivity contribution in [1.82, 2.24) is 14.0 Å². The second-order valence-corrected chi connectivity index (χ2v) is 7.50. The van der Waals surface area contributed by atoms with Crippen molar-refractivity contribution in [1.29, 1.82) is 0 Å². The summed E-state index contributed by atoms with van der Waals surface area (Å²) in [7, 11) is 0. The second kappa shape index (κ2) is 9.08. The van der Waals surface area contributed by atoms with Crippen LogP contribution < -0.4 is 17.0 Å². The lowest BCUT2D eigenvalue weighted by Crippen LogP contribution is -2.46. The lowest BCUT2D eigenvalue weighted by atomic mass is 9.98. The molecule has 9 nitrogen and oxygen atoms in total. The first-order chi connectivity index (χ1) is 14.3. The highest BCUT2D eigenvalue weighted by atomic mass is 16.4. The summed E-state index contributed by atoms with van der Waals surface area (Å²) in [6, 6.07) is 9.16. The molecule has 9 heteroatoms. The van der Waals surface area contributed by atoms with E-state index in [1.54, 1.807) is 11.8 Å². The van der Waals surface area contributed by atoms with Gasteiger partial charge in [0, 0.05) is 13.1 Å². The van der Waals surface area contributed by atoms with Gasteiger partial charge in [0.1, 0.15) is 11.4 Å². The molecule has 1 aliphatic rings. The number of hydrogen-bond acceptors (Lipinski definition) is 6. The van der Waals surface area contributed by atoms with Crippen molar-refractivity contribution >= 4 is 17.6 Å². The molecule has 3 rings (SSSR count). The van der Waals surface area contributed by atoms with E-state index in [9.17, 15) is 24.3 Å². The predicted molar refractivity (Wildman–Crippen MR) is 112 cm³/mol. The van der Waals surface area contributed by atoms with E-state index in [1.165, 1.54) is 4.57 Å². The molecular weight excluding hydrogens is 388 g/mol. The van der Waals surface area contributed by atoms with E-state index in [4.69, 9.17) is 5.73 Å². The van der Waals surface area contributed by atoms with Crippen molar-refractivity contribution in [2.45, 2.75) is 32.9 Å². The van der Waals surface area contributed by atoms with Crippen molar-refractivity contribution in [3.05, 3.63) is 62.3 Å². The molecule has 0 saturated carbocycles. The number of aliphatic carboxylic acids is 1. The Hall–Kier alpha value is -3.20. The molecule has 0 bridgehead atoms. The van der Waals surface area contributed by atoms with E-state index in [0.717, 1.165) is 10.1 Å². The SMILES string of the molecule is CCn1c(=O)c(C(=O)CN2CCCC(C(=O)O)C2)c(N)n(Cc2ccccc2)c1=O. The molecule has 160 valence electrons. The summed E-state index contributed by atoms with van der Waals surface area (Å²) in [5.74, 6) is -2.09. The normalized spacial score (nSPS) is 17.0. The molecule has 1 aliphatic heterocycles. The number of Topliss-reactive ketones (excluding diaryl/α,β-unsaturated/α-hetero) is 1. The maximum absolute atomic E-state index is 13.0. The number of carbonyl (C=O) groups excluding carboxylic acids is 1. The molecule has 3 N–H and O–H groups in total. The Kier molecular flexibility index (Phi) is 6.51. The average Bonchev–Trinajstić information content (AvgIpc) is 2.72. The summed E-state index contributed by atoms with van der Waals surface area (Å²) >= 11 is 0. The van der Waals surface area contributed by atoms with Crippen LogP contribution in [0.1, 0.15) is 35.7 Å². The van der Waals surface area contributed by atoms with Gasteiger partial charge in [0.2, 0.25) is 0 Å². The van der Waals surface area contributed by atoms with E-state index in [-0.39, 0.29) is 37.6 Å². The van der Waals surface area contributed by atoms with E-state index in [2.05, 4.69) is 0 Å². The van der Waals surface area contributed by atoms with Crippen LogP contribution in [0.25, 0.3) is 0 Å². The molecule has 1 atom stereocenters. The molecule has 0 amide bonds. The van der Waals surface area contributed by atoms with Crippen molar-refractivity contribution < 1.29 is 14.7 Å². The van der Waals surface area contributed by atoms with Crippen LogP contribution in [0, 0.1) is 5.92 Å². The van der Waals surface area contributed by atoms with Gasteiger partial charge in [0.15, 0.2) is 5.78 Å². The lowest BCUT2D eigenvalue weighted by Gasteiger charge is -2.30. The number of hydrogen-bond donors (Lipinski definition) is 2. The number of ketones is 1. The molecule has 0 spiro atoms. The molecule has 1 fully saturated rings. The van der Waals surface area contributed by atoms with E-state index < -0.39 is 28.9 Å². The summed E-state index contributed by atoms with van der Waals surface area (Å²) in [4.78, 5) is 51.7. The Balaban J connectivity index is 1.96. The maximum atomic E-state index is 13.0. The van der Waals surface area contributed by atoms with Gasteiger partial charge in [0.05, 0.1) is 19.0 Å².